The van der Waals surface area contributed by atoms with Crippen LogP contribution in [0.2, 0.25) is 0 Å². The predicted molar refractivity (Wildman–Crippen MR) is 118 cm³/mol. The van der Waals surface area contributed by atoms with Crippen molar-refractivity contribution < 1.29 is 4.79 Å². The molecule has 0 spiro atoms. The quantitative estimate of drug-likeness (QED) is 0.371. The molecule has 144 valence electrons. The number of aromatic nitrogens is 1. The van der Waals surface area contributed by atoms with E-state index < -0.39 is 0 Å². The van der Waals surface area contributed by atoms with Gasteiger partial charge < -0.3 is 9.88 Å². The minimum absolute atomic E-state index is 0.164. The van der Waals surface area contributed by atoms with Crippen LogP contribution in [0.4, 0.5) is 5.69 Å². The van der Waals surface area contributed by atoms with Crippen LogP contribution >= 0.6 is 0 Å². The van der Waals surface area contributed by atoms with Crippen LogP contribution in [0.1, 0.15) is 11.1 Å². The van der Waals surface area contributed by atoms with Gasteiger partial charge in [-0.15, -0.1) is 0 Å². The molecule has 0 fully saturated rings. The third kappa shape index (κ3) is 4.71. The van der Waals surface area contributed by atoms with Crippen molar-refractivity contribution in [1.29, 1.82) is 0 Å². The van der Waals surface area contributed by atoms with Crippen LogP contribution in [-0.2, 0) is 11.3 Å². The zero-order valence-corrected chi connectivity index (χ0v) is 16.0. The van der Waals surface area contributed by atoms with E-state index in [1.807, 2.05) is 60.7 Å². The van der Waals surface area contributed by atoms with E-state index in [-0.39, 0.29) is 12.5 Å². The first-order valence-electron chi connectivity index (χ1n) is 9.52. The Balaban J connectivity index is 1.44. The van der Waals surface area contributed by atoms with Crippen molar-refractivity contribution in [1.82, 2.24) is 9.99 Å². The molecule has 0 aliphatic rings. The van der Waals surface area contributed by atoms with Gasteiger partial charge in [0.05, 0.1) is 12.8 Å². The molecule has 2 N–H and O–H groups in total. The third-order valence-corrected chi connectivity index (χ3v) is 4.63. The number of para-hydroxylation sites is 2. The number of anilines is 1. The van der Waals surface area contributed by atoms with E-state index in [0.29, 0.717) is 0 Å². The number of nitrogens with one attached hydrogen (secondary N) is 2. The summed E-state index contributed by atoms with van der Waals surface area (Å²) in [6.45, 7) is 0.944. The van der Waals surface area contributed by atoms with Crippen molar-refractivity contribution in [2.75, 3.05) is 11.9 Å². The normalized spacial score (nSPS) is 11.0. The molecule has 0 saturated heterocycles. The van der Waals surface area contributed by atoms with Crippen LogP contribution in [0, 0.1) is 0 Å². The molecule has 0 bridgehead atoms. The Morgan fingerprint density at radius 2 is 1.59 bits per heavy atom. The van der Waals surface area contributed by atoms with Gasteiger partial charge in [-0.1, -0.05) is 66.7 Å². The molecule has 29 heavy (non-hydrogen) atoms. The summed E-state index contributed by atoms with van der Waals surface area (Å²) < 4.78 is 2.20. The number of amides is 1. The van der Waals surface area contributed by atoms with Gasteiger partial charge in [-0.05, 0) is 23.8 Å². The number of hydrazone groups is 1. The first kappa shape index (κ1) is 18.5. The monoisotopic (exact) mass is 382 g/mol. The van der Waals surface area contributed by atoms with Crippen molar-refractivity contribution in [2.45, 2.75) is 6.54 Å². The Morgan fingerprint density at radius 1 is 0.897 bits per heavy atom. The number of rotatable bonds is 7. The fourth-order valence-electron chi connectivity index (χ4n) is 3.24. The molecular weight excluding hydrogens is 360 g/mol. The van der Waals surface area contributed by atoms with E-state index in [1.165, 1.54) is 5.56 Å². The molecule has 0 unspecified atom stereocenters. The van der Waals surface area contributed by atoms with Gasteiger partial charge in [-0.2, -0.15) is 5.10 Å². The number of hydrogen-bond donors (Lipinski definition) is 2. The van der Waals surface area contributed by atoms with Crippen LogP contribution in [0.25, 0.3) is 10.9 Å². The minimum atomic E-state index is -0.196. The lowest BCUT2D eigenvalue weighted by atomic mass is 10.2. The van der Waals surface area contributed by atoms with E-state index in [2.05, 4.69) is 50.9 Å². The Kier molecular flexibility index (Phi) is 5.67. The average Bonchev–Trinajstić information content (AvgIpc) is 3.11. The molecule has 1 aromatic heterocycles. The summed E-state index contributed by atoms with van der Waals surface area (Å²) in [4.78, 5) is 12.0. The molecule has 4 aromatic rings. The SMILES string of the molecule is O=C(CNc1ccccc1)N/N=C/c1cn(Cc2ccccc2)c2ccccc12. The highest BCUT2D eigenvalue weighted by Gasteiger charge is 2.07. The van der Waals surface area contributed by atoms with Crippen molar-refractivity contribution >= 4 is 28.7 Å². The van der Waals surface area contributed by atoms with Gasteiger partial charge in [0.2, 0.25) is 0 Å². The highest BCUT2D eigenvalue weighted by molar-refractivity contribution is 5.99. The van der Waals surface area contributed by atoms with Crippen molar-refractivity contribution in [2.24, 2.45) is 5.10 Å². The van der Waals surface area contributed by atoms with Gasteiger partial charge in [0.25, 0.3) is 5.91 Å². The summed E-state index contributed by atoms with van der Waals surface area (Å²) in [5.41, 5.74) is 6.82. The molecule has 0 atom stereocenters. The van der Waals surface area contributed by atoms with Crippen LogP contribution < -0.4 is 10.7 Å². The Hall–Kier alpha value is -3.86. The van der Waals surface area contributed by atoms with Gasteiger partial charge >= 0.3 is 0 Å². The summed E-state index contributed by atoms with van der Waals surface area (Å²) in [5, 5.41) is 8.31. The first-order valence-corrected chi connectivity index (χ1v) is 9.52. The minimum Gasteiger partial charge on any atom is -0.376 e. The molecule has 4 rings (SSSR count). The maximum Gasteiger partial charge on any atom is 0.259 e. The summed E-state index contributed by atoms with van der Waals surface area (Å²) in [5.74, 6) is -0.196. The molecule has 1 amide bonds. The maximum atomic E-state index is 12.0. The fraction of sp³-hybridized carbons (Fsp3) is 0.0833. The number of nitrogens with zero attached hydrogens (tertiary/aromatic N) is 2. The van der Waals surface area contributed by atoms with E-state index >= 15 is 0 Å². The fourth-order valence-corrected chi connectivity index (χ4v) is 3.24. The second kappa shape index (κ2) is 8.89. The zero-order chi connectivity index (χ0) is 19.9. The average molecular weight is 382 g/mol. The van der Waals surface area contributed by atoms with Gasteiger partial charge in [-0.25, -0.2) is 5.43 Å². The van der Waals surface area contributed by atoms with Gasteiger partial charge in [0.1, 0.15) is 0 Å². The molecule has 0 aliphatic heterocycles. The summed E-state index contributed by atoms with van der Waals surface area (Å²) in [6, 6.07) is 28.1. The van der Waals surface area contributed by atoms with E-state index in [4.69, 9.17) is 0 Å². The number of fused-ring (bicyclic) bond motifs is 1. The highest BCUT2D eigenvalue weighted by Crippen LogP contribution is 2.21. The molecule has 1 heterocycles. The first-order chi connectivity index (χ1) is 14.3. The molecule has 3 aromatic carbocycles. The molecular formula is C24H22N4O. The second-order valence-electron chi connectivity index (χ2n) is 6.73. The molecule has 5 heteroatoms. The van der Waals surface area contributed by atoms with Gasteiger partial charge in [0, 0.05) is 34.9 Å². The number of carbonyl (C=O) groups is 1. The number of carbonyl (C=O) groups excluding carboxylic acids is 1. The Morgan fingerprint density at radius 3 is 2.38 bits per heavy atom. The Labute approximate surface area is 169 Å². The number of hydrogen-bond acceptors (Lipinski definition) is 3. The van der Waals surface area contributed by atoms with Crippen molar-refractivity contribution in [3.63, 3.8) is 0 Å². The second-order valence-corrected chi connectivity index (χ2v) is 6.73. The summed E-state index contributed by atoms with van der Waals surface area (Å²) >= 11 is 0. The third-order valence-electron chi connectivity index (χ3n) is 4.63. The van der Waals surface area contributed by atoms with Crippen LogP contribution in [-0.4, -0.2) is 23.2 Å². The van der Waals surface area contributed by atoms with Crippen LogP contribution in [0.15, 0.2) is 96.2 Å². The molecule has 0 radical (unpaired) electrons. The van der Waals surface area contributed by atoms with E-state index in [9.17, 15) is 4.79 Å². The summed E-state index contributed by atoms with van der Waals surface area (Å²) in [7, 11) is 0. The molecule has 0 aliphatic carbocycles. The molecule has 5 nitrogen and oxygen atoms in total. The van der Waals surface area contributed by atoms with Crippen molar-refractivity contribution in [3.8, 4) is 0 Å². The molecule has 0 saturated carbocycles. The lowest BCUT2D eigenvalue weighted by molar-refractivity contribution is -0.119. The smallest absolute Gasteiger partial charge is 0.259 e. The lowest BCUT2D eigenvalue weighted by Gasteiger charge is -2.05. The highest BCUT2D eigenvalue weighted by atomic mass is 16.2. The van der Waals surface area contributed by atoms with Crippen LogP contribution in [0.5, 0.6) is 0 Å². The maximum absolute atomic E-state index is 12.0. The standard InChI is InChI=1S/C24H22N4O/c29-24(16-25-21-11-5-2-6-12-21)27-26-15-20-18-28(17-19-9-3-1-4-10-19)23-14-8-7-13-22(20)23/h1-15,18,25H,16-17H2,(H,27,29)/b26-15+. The predicted octanol–water partition coefficient (Wildman–Crippen LogP) is 4.25. The van der Waals surface area contributed by atoms with Gasteiger partial charge in [0.15, 0.2) is 0 Å². The number of benzene rings is 3. The van der Waals surface area contributed by atoms with Crippen LogP contribution in [0.3, 0.4) is 0 Å². The van der Waals surface area contributed by atoms with Crippen molar-refractivity contribution in [3.05, 3.63) is 102 Å². The zero-order valence-electron chi connectivity index (χ0n) is 16.0. The van der Waals surface area contributed by atoms with Gasteiger partial charge in [-0.3, -0.25) is 4.79 Å². The topological polar surface area (TPSA) is 58.4 Å². The summed E-state index contributed by atoms with van der Waals surface area (Å²) in [6.07, 6.45) is 3.76. The lowest BCUT2D eigenvalue weighted by Crippen LogP contribution is -2.25. The Bertz CT molecular complexity index is 1120. The largest absolute Gasteiger partial charge is 0.376 e. The van der Waals surface area contributed by atoms with E-state index in [0.717, 1.165) is 28.7 Å². The van der Waals surface area contributed by atoms with E-state index in [1.54, 1.807) is 6.21 Å².